The molecule has 1 aliphatic rings. The first-order valence-electron chi connectivity index (χ1n) is 10.1. The third kappa shape index (κ3) is 3.48. The van der Waals surface area contributed by atoms with Gasteiger partial charge in [0.1, 0.15) is 4.88 Å². The van der Waals surface area contributed by atoms with Crippen LogP contribution in [0, 0.1) is 0 Å². The van der Waals surface area contributed by atoms with Crippen molar-refractivity contribution in [2.45, 2.75) is 58.4 Å². The summed E-state index contributed by atoms with van der Waals surface area (Å²) < 4.78 is 1.62. The number of thiazole rings is 1. The van der Waals surface area contributed by atoms with Gasteiger partial charge in [0.15, 0.2) is 11.9 Å². The average molecular weight is 386 g/mol. The molecule has 0 spiro atoms. The summed E-state index contributed by atoms with van der Waals surface area (Å²) in [6, 6.07) is 9.10. The molecule has 27 heavy (non-hydrogen) atoms. The Balaban J connectivity index is 1.77. The van der Waals surface area contributed by atoms with Crippen LogP contribution in [0.5, 0.6) is 5.88 Å². The third-order valence-electron chi connectivity index (χ3n) is 5.66. The Morgan fingerprint density at radius 2 is 1.78 bits per heavy atom. The second-order valence-electron chi connectivity index (χ2n) is 7.84. The van der Waals surface area contributed by atoms with Gasteiger partial charge in [0.2, 0.25) is 10.8 Å². The highest BCUT2D eigenvalue weighted by Crippen LogP contribution is 2.35. The molecule has 2 N–H and O–H groups in total. The Labute approximate surface area is 164 Å². The summed E-state index contributed by atoms with van der Waals surface area (Å²) in [7, 11) is 0. The van der Waals surface area contributed by atoms with Crippen molar-refractivity contribution in [2.75, 3.05) is 13.1 Å². The number of rotatable bonds is 5. The van der Waals surface area contributed by atoms with E-state index in [1.54, 1.807) is 15.9 Å². The lowest BCUT2D eigenvalue weighted by Gasteiger charge is -2.31. The lowest BCUT2D eigenvalue weighted by atomic mass is 9.96. The number of hydrogen-bond acceptors (Lipinski definition) is 4. The van der Waals surface area contributed by atoms with Gasteiger partial charge in [-0.15, -0.1) is 5.10 Å². The molecule has 2 aromatic heterocycles. The third-order valence-corrected chi connectivity index (χ3v) is 6.75. The standard InChI is InChI=1S/C21H28N4OS/c1-4-17-22-21-25(23-17)20(26)19(27-21)18(24-12-6-5-7-13-24)16-10-8-15(9-11-16)14(2)3/h8-11,14,18,26H,4-7,12-13H2,1-3H3/p+1/t18-/m1/s1. The van der Waals surface area contributed by atoms with Crippen LogP contribution in [0.4, 0.5) is 0 Å². The molecule has 1 atom stereocenters. The van der Waals surface area contributed by atoms with Crippen LogP contribution in [0.2, 0.25) is 0 Å². The summed E-state index contributed by atoms with van der Waals surface area (Å²) >= 11 is 1.59. The smallest absolute Gasteiger partial charge is 0.235 e. The van der Waals surface area contributed by atoms with Crippen LogP contribution in [0.15, 0.2) is 24.3 Å². The SMILES string of the molecule is CCc1nc2sc([C@@H](c3ccc(C(C)C)cc3)[NH+]3CCCCC3)c(O)n2n1. The number of aromatic hydroxyl groups is 1. The van der Waals surface area contributed by atoms with E-state index in [0.29, 0.717) is 5.92 Å². The summed E-state index contributed by atoms with van der Waals surface area (Å²) in [6.45, 7) is 8.77. The zero-order valence-electron chi connectivity index (χ0n) is 16.4. The second kappa shape index (κ2) is 7.60. The highest BCUT2D eigenvalue weighted by Gasteiger charge is 2.33. The topological polar surface area (TPSA) is 54.9 Å². The fourth-order valence-electron chi connectivity index (χ4n) is 4.07. The van der Waals surface area contributed by atoms with E-state index in [-0.39, 0.29) is 11.9 Å². The van der Waals surface area contributed by atoms with Crippen LogP contribution >= 0.6 is 11.3 Å². The predicted molar refractivity (Wildman–Crippen MR) is 109 cm³/mol. The van der Waals surface area contributed by atoms with Crippen LogP contribution in [0.1, 0.15) is 73.8 Å². The molecule has 3 heterocycles. The summed E-state index contributed by atoms with van der Waals surface area (Å²) in [5.74, 6) is 1.57. The van der Waals surface area contributed by atoms with E-state index < -0.39 is 0 Å². The van der Waals surface area contributed by atoms with Crippen LogP contribution in [-0.2, 0) is 6.42 Å². The van der Waals surface area contributed by atoms with E-state index in [0.717, 1.165) is 35.2 Å². The zero-order chi connectivity index (χ0) is 19.0. The van der Waals surface area contributed by atoms with Crippen LogP contribution < -0.4 is 4.90 Å². The quantitative estimate of drug-likeness (QED) is 0.708. The number of quaternary nitrogens is 1. The molecule has 144 valence electrons. The van der Waals surface area contributed by atoms with Crippen molar-refractivity contribution in [3.63, 3.8) is 0 Å². The number of aryl methyl sites for hydroxylation is 1. The van der Waals surface area contributed by atoms with E-state index in [1.165, 1.54) is 35.3 Å². The summed E-state index contributed by atoms with van der Waals surface area (Å²) in [5.41, 5.74) is 2.62. The molecule has 0 amide bonds. The minimum absolute atomic E-state index is 0.144. The van der Waals surface area contributed by atoms with Crippen molar-refractivity contribution in [1.82, 2.24) is 14.6 Å². The van der Waals surface area contributed by atoms with Gasteiger partial charge in [-0.1, -0.05) is 56.4 Å². The molecule has 0 saturated carbocycles. The molecule has 0 unspecified atom stereocenters. The fourth-order valence-corrected chi connectivity index (χ4v) is 5.23. The number of nitrogens with zero attached hydrogens (tertiary/aromatic N) is 3. The molecule has 0 aliphatic carbocycles. The first-order valence-corrected chi connectivity index (χ1v) is 10.9. The van der Waals surface area contributed by atoms with Crippen molar-refractivity contribution >= 4 is 16.3 Å². The van der Waals surface area contributed by atoms with Gasteiger partial charge in [0.25, 0.3) is 0 Å². The minimum atomic E-state index is 0.144. The fraction of sp³-hybridized carbons (Fsp3) is 0.524. The maximum atomic E-state index is 11.0. The molecule has 3 aromatic rings. The van der Waals surface area contributed by atoms with E-state index in [9.17, 15) is 5.11 Å². The van der Waals surface area contributed by atoms with Crippen molar-refractivity contribution in [2.24, 2.45) is 0 Å². The molecule has 1 aromatic carbocycles. The van der Waals surface area contributed by atoms with Crippen molar-refractivity contribution in [1.29, 1.82) is 0 Å². The zero-order valence-corrected chi connectivity index (χ0v) is 17.2. The average Bonchev–Trinajstić information content (AvgIpc) is 3.23. The molecular formula is C21H29N4OS+. The Morgan fingerprint density at radius 1 is 1.11 bits per heavy atom. The van der Waals surface area contributed by atoms with E-state index in [4.69, 9.17) is 0 Å². The van der Waals surface area contributed by atoms with Crippen LogP contribution in [0.25, 0.3) is 4.96 Å². The summed E-state index contributed by atoms with van der Waals surface area (Å²) in [5, 5.41) is 15.4. The Kier molecular flexibility index (Phi) is 5.19. The molecule has 5 nitrogen and oxygen atoms in total. The molecule has 1 aliphatic heterocycles. The van der Waals surface area contributed by atoms with Crippen molar-refractivity contribution in [3.8, 4) is 5.88 Å². The number of piperidine rings is 1. The van der Waals surface area contributed by atoms with Crippen LogP contribution in [0.3, 0.4) is 0 Å². The Morgan fingerprint density at radius 3 is 2.37 bits per heavy atom. The molecule has 0 radical (unpaired) electrons. The monoisotopic (exact) mass is 385 g/mol. The highest BCUT2D eigenvalue weighted by molar-refractivity contribution is 7.17. The lowest BCUT2D eigenvalue weighted by molar-refractivity contribution is -0.929. The molecule has 1 fully saturated rings. The maximum Gasteiger partial charge on any atom is 0.235 e. The van der Waals surface area contributed by atoms with Crippen molar-refractivity contribution < 1.29 is 10.0 Å². The summed E-state index contributed by atoms with van der Waals surface area (Å²) in [6.07, 6.45) is 4.58. The Bertz CT molecular complexity index is 906. The van der Waals surface area contributed by atoms with Crippen LogP contribution in [-0.4, -0.2) is 32.8 Å². The van der Waals surface area contributed by atoms with Gasteiger partial charge in [0, 0.05) is 12.0 Å². The van der Waals surface area contributed by atoms with Gasteiger partial charge in [0.05, 0.1) is 13.1 Å². The number of benzene rings is 1. The number of fused-ring (bicyclic) bond motifs is 1. The highest BCUT2D eigenvalue weighted by atomic mass is 32.1. The normalized spacial score (nSPS) is 17.0. The number of hydrogen-bond donors (Lipinski definition) is 2. The molecule has 4 rings (SSSR count). The van der Waals surface area contributed by atoms with Gasteiger partial charge in [-0.3, -0.25) is 0 Å². The largest absolute Gasteiger partial charge is 0.492 e. The molecule has 1 saturated heterocycles. The minimum Gasteiger partial charge on any atom is -0.492 e. The number of likely N-dealkylation sites (tertiary alicyclic amines) is 1. The second-order valence-corrected chi connectivity index (χ2v) is 8.85. The molecule has 0 bridgehead atoms. The van der Waals surface area contributed by atoms with Gasteiger partial charge < -0.3 is 10.0 Å². The molecule has 6 heteroatoms. The number of nitrogens with one attached hydrogen (secondary N) is 1. The van der Waals surface area contributed by atoms with E-state index in [2.05, 4.69) is 48.2 Å². The summed E-state index contributed by atoms with van der Waals surface area (Å²) in [4.78, 5) is 7.89. The lowest BCUT2D eigenvalue weighted by Crippen LogP contribution is -3.13. The van der Waals surface area contributed by atoms with E-state index in [1.807, 2.05) is 6.92 Å². The maximum absolute atomic E-state index is 11.0. The predicted octanol–water partition coefficient (Wildman–Crippen LogP) is 3.34. The Hall–Kier alpha value is -1.92. The molecular weight excluding hydrogens is 356 g/mol. The van der Waals surface area contributed by atoms with Gasteiger partial charge in [-0.2, -0.15) is 4.52 Å². The number of aromatic nitrogens is 3. The van der Waals surface area contributed by atoms with Crippen molar-refractivity contribution in [3.05, 3.63) is 46.1 Å². The van der Waals surface area contributed by atoms with Gasteiger partial charge >= 0.3 is 0 Å². The van der Waals surface area contributed by atoms with Gasteiger partial charge in [-0.25, -0.2) is 4.98 Å². The van der Waals surface area contributed by atoms with E-state index >= 15 is 0 Å². The first kappa shape index (κ1) is 18.4. The van der Waals surface area contributed by atoms with Gasteiger partial charge in [-0.05, 0) is 30.7 Å². The first-order chi connectivity index (χ1) is 13.1.